The van der Waals surface area contributed by atoms with E-state index >= 15 is 0 Å². The highest BCUT2D eigenvalue weighted by atomic mass is 14.1. The Hall–Kier alpha value is 0. The van der Waals surface area contributed by atoms with Gasteiger partial charge in [0.25, 0.3) is 0 Å². The normalized spacial score (nSPS) is 12.6. The molecular weight excluding hydrogens is 300 g/mol. The molecule has 0 aromatic heterocycles. The van der Waals surface area contributed by atoms with Crippen molar-refractivity contribution in [2.45, 2.75) is 142 Å². The topological polar surface area (TPSA) is 0 Å². The van der Waals surface area contributed by atoms with Gasteiger partial charge in [-0.3, -0.25) is 0 Å². The van der Waals surface area contributed by atoms with E-state index in [0.29, 0.717) is 0 Å². The molecule has 0 aromatic carbocycles. The Bertz CT molecular complexity index is 220. The van der Waals surface area contributed by atoms with Crippen LogP contribution in [0.5, 0.6) is 0 Å². The summed E-state index contributed by atoms with van der Waals surface area (Å²) in [7, 11) is 0. The van der Waals surface area contributed by atoms with E-state index in [0.717, 1.165) is 18.8 Å². The first-order valence-electron chi connectivity index (χ1n) is 11.9. The molecule has 0 aliphatic carbocycles. The van der Waals surface area contributed by atoms with Gasteiger partial charge < -0.3 is 0 Å². The van der Waals surface area contributed by atoms with E-state index in [1.165, 1.54) is 122 Å². The predicted octanol–water partition coefficient (Wildman–Crippen LogP) is 9.48. The van der Waals surface area contributed by atoms with Crippen molar-refractivity contribution in [3.8, 4) is 0 Å². The van der Waals surface area contributed by atoms with Gasteiger partial charge in [-0.25, -0.2) is 0 Å². The van der Waals surface area contributed by atoms with Crippen molar-refractivity contribution in [2.24, 2.45) is 5.92 Å². The third-order valence-electron chi connectivity index (χ3n) is 5.64. The molecule has 0 aliphatic heterocycles. The molecule has 0 N–H and O–H groups in total. The summed E-state index contributed by atoms with van der Waals surface area (Å²) in [5.41, 5.74) is 0. The van der Waals surface area contributed by atoms with Crippen LogP contribution in [0.15, 0.2) is 0 Å². The van der Waals surface area contributed by atoms with E-state index in [1.54, 1.807) is 0 Å². The molecule has 0 aromatic rings. The van der Waals surface area contributed by atoms with Crippen molar-refractivity contribution in [2.75, 3.05) is 0 Å². The van der Waals surface area contributed by atoms with Crippen LogP contribution >= 0.6 is 0 Å². The highest BCUT2D eigenvalue weighted by Crippen LogP contribution is 2.18. The van der Waals surface area contributed by atoms with E-state index in [1.807, 2.05) is 0 Å². The van der Waals surface area contributed by atoms with Gasteiger partial charge in [-0.2, -0.15) is 0 Å². The zero-order valence-corrected chi connectivity index (χ0v) is 17.8. The second kappa shape index (κ2) is 22.0. The van der Waals surface area contributed by atoms with E-state index < -0.39 is 0 Å². The second-order valence-corrected chi connectivity index (χ2v) is 8.40. The largest absolute Gasteiger partial charge is 0.0625 e. The van der Waals surface area contributed by atoms with Crippen LogP contribution in [0.25, 0.3) is 0 Å². The number of unbranched alkanes of at least 4 members (excludes halogenated alkanes) is 17. The van der Waals surface area contributed by atoms with Gasteiger partial charge in [-0.1, -0.05) is 156 Å². The van der Waals surface area contributed by atoms with Crippen molar-refractivity contribution in [1.82, 2.24) is 0 Å². The van der Waals surface area contributed by atoms with E-state index in [2.05, 4.69) is 20.8 Å². The van der Waals surface area contributed by atoms with Crippen molar-refractivity contribution < 1.29 is 0 Å². The van der Waals surface area contributed by atoms with Crippen LogP contribution in [-0.4, -0.2) is 0 Å². The summed E-state index contributed by atoms with van der Waals surface area (Å²) in [4.78, 5) is 0. The summed E-state index contributed by atoms with van der Waals surface area (Å²) in [5.74, 6) is 0.952. The lowest BCUT2D eigenvalue weighted by atomic mass is 9.96. The Morgan fingerprint density at radius 1 is 0.400 bits per heavy atom. The first-order chi connectivity index (χ1) is 12.3. The fraction of sp³-hybridized carbons (Fsp3) is 0.920. The van der Waals surface area contributed by atoms with Gasteiger partial charge in [0.15, 0.2) is 0 Å². The fourth-order valence-corrected chi connectivity index (χ4v) is 3.78. The molecule has 25 heavy (non-hydrogen) atoms. The molecule has 0 saturated heterocycles. The zero-order chi connectivity index (χ0) is 18.4. The molecule has 150 valence electrons. The summed E-state index contributed by atoms with van der Waals surface area (Å²) < 4.78 is 0. The van der Waals surface area contributed by atoms with Crippen LogP contribution in [-0.2, 0) is 0 Å². The van der Waals surface area contributed by atoms with Crippen molar-refractivity contribution in [1.29, 1.82) is 0 Å². The van der Waals surface area contributed by atoms with Crippen molar-refractivity contribution in [3.63, 3.8) is 0 Å². The Morgan fingerprint density at radius 2 is 0.640 bits per heavy atom. The third kappa shape index (κ3) is 22.0. The van der Waals surface area contributed by atoms with Gasteiger partial charge in [0.2, 0.25) is 0 Å². The predicted molar refractivity (Wildman–Crippen MR) is 117 cm³/mol. The Kier molecular flexibility index (Phi) is 22.0. The maximum atomic E-state index is 3.92. The molecule has 0 fully saturated rings. The van der Waals surface area contributed by atoms with Crippen molar-refractivity contribution in [3.05, 3.63) is 13.8 Å². The van der Waals surface area contributed by atoms with Crippen LogP contribution < -0.4 is 0 Å². The van der Waals surface area contributed by atoms with Crippen LogP contribution in [0.2, 0.25) is 0 Å². The third-order valence-corrected chi connectivity index (χ3v) is 5.64. The molecule has 0 rings (SSSR count). The lowest BCUT2D eigenvalue weighted by molar-refractivity contribution is 0.432. The van der Waals surface area contributed by atoms with E-state index in [4.69, 9.17) is 0 Å². The number of hydrogen-bond donors (Lipinski definition) is 0. The van der Waals surface area contributed by atoms with Gasteiger partial charge in [-0.15, -0.1) is 0 Å². The molecule has 1 unspecified atom stereocenters. The quantitative estimate of drug-likeness (QED) is 0.181. The minimum atomic E-state index is 0.952. The lowest BCUT2D eigenvalue weighted by Crippen LogP contribution is -1.95. The first-order valence-corrected chi connectivity index (χ1v) is 11.9. The van der Waals surface area contributed by atoms with Gasteiger partial charge in [-0.05, 0) is 5.92 Å². The van der Waals surface area contributed by atoms with E-state index in [-0.39, 0.29) is 0 Å². The zero-order valence-electron chi connectivity index (χ0n) is 17.8. The summed E-state index contributed by atoms with van der Waals surface area (Å²) in [6.45, 7) is 10.3. The molecule has 1 atom stereocenters. The molecule has 0 nitrogen and oxygen atoms in total. The SMILES string of the molecule is [CH2]CCCCCCCCCCCCCCCC(C)CCCCCC[CH2]. The second-order valence-electron chi connectivity index (χ2n) is 8.40. The van der Waals surface area contributed by atoms with Gasteiger partial charge in [0.1, 0.15) is 0 Å². The van der Waals surface area contributed by atoms with Gasteiger partial charge in [0, 0.05) is 0 Å². The number of hydrogen-bond acceptors (Lipinski definition) is 0. The van der Waals surface area contributed by atoms with Crippen LogP contribution in [0.1, 0.15) is 142 Å². The summed E-state index contributed by atoms with van der Waals surface area (Å²) in [5, 5.41) is 0. The average Bonchev–Trinajstić information content (AvgIpc) is 2.62. The van der Waals surface area contributed by atoms with Gasteiger partial charge >= 0.3 is 0 Å². The summed E-state index contributed by atoms with van der Waals surface area (Å²) >= 11 is 0. The first kappa shape index (κ1) is 25.0. The molecule has 0 heteroatoms. The maximum Gasteiger partial charge on any atom is -0.0443 e. The summed E-state index contributed by atoms with van der Waals surface area (Å²) in [6.07, 6.45) is 29.6. The highest BCUT2D eigenvalue weighted by molar-refractivity contribution is 4.56. The smallest absolute Gasteiger partial charge is 0.0443 e. The highest BCUT2D eigenvalue weighted by Gasteiger charge is 2.02. The maximum absolute atomic E-state index is 3.92. The van der Waals surface area contributed by atoms with Crippen molar-refractivity contribution >= 4 is 0 Å². The molecular formula is C25H50. The summed E-state index contributed by atoms with van der Waals surface area (Å²) in [6, 6.07) is 0. The molecule has 0 aliphatic rings. The molecule has 0 saturated carbocycles. The van der Waals surface area contributed by atoms with Gasteiger partial charge in [0.05, 0.1) is 0 Å². The average molecular weight is 351 g/mol. The Labute approximate surface area is 161 Å². The minimum absolute atomic E-state index is 0.952. The fourth-order valence-electron chi connectivity index (χ4n) is 3.78. The monoisotopic (exact) mass is 350 g/mol. The lowest BCUT2D eigenvalue weighted by Gasteiger charge is -2.11. The van der Waals surface area contributed by atoms with E-state index in [9.17, 15) is 0 Å². The van der Waals surface area contributed by atoms with Crippen LogP contribution in [0, 0.1) is 19.8 Å². The molecule has 0 spiro atoms. The number of rotatable bonds is 21. The van der Waals surface area contributed by atoms with Crippen LogP contribution in [0.4, 0.5) is 0 Å². The molecule has 2 radical (unpaired) electrons. The van der Waals surface area contributed by atoms with Crippen LogP contribution in [0.3, 0.4) is 0 Å². The molecule has 0 bridgehead atoms. The molecule has 0 amide bonds. The Balaban J connectivity index is 3.08. The standard InChI is InChI=1S/C25H50/c1-4-6-8-10-11-12-13-14-15-16-17-18-20-22-24-25(3)23-21-19-9-7-5-2/h25H,1-2,4-24H2,3H3. The minimum Gasteiger partial charge on any atom is -0.0625 e. The Morgan fingerprint density at radius 3 is 0.920 bits per heavy atom. The molecule has 0 heterocycles.